The summed E-state index contributed by atoms with van der Waals surface area (Å²) >= 11 is 0. The molecule has 126 valence electrons. The van der Waals surface area contributed by atoms with E-state index in [0.29, 0.717) is 19.4 Å². The molecular weight excluding hydrogens is 280 g/mol. The maximum absolute atomic E-state index is 10.2. The van der Waals surface area contributed by atoms with Crippen LogP contribution in [0.1, 0.15) is 32.1 Å². The van der Waals surface area contributed by atoms with Gasteiger partial charge in [-0.1, -0.05) is 6.42 Å². The molecule has 0 aromatic carbocycles. The highest BCUT2D eigenvalue weighted by molar-refractivity contribution is 5.73. The van der Waals surface area contributed by atoms with Gasteiger partial charge in [-0.05, 0) is 32.2 Å². The van der Waals surface area contributed by atoms with Crippen LogP contribution >= 0.6 is 0 Å². The summed E-state index contributed by atoms with van der Waals surface area (Å²) in [4.78, 5) is 20.3. The first kappa shape index (κ1) is 22.0. The summed E-state index contributed by atoms with van der Waals surface area (Å²) < 4.78 is 0. The lowest BCUT2D eigenvalue weighted by Crippen LogP contribution is -2.32. The number of nitrogens with two attached hydrogens (primary N) is 4. The SMILES string of the molecule is NCC(O)CC[C@H](N)C(=O)O.NCCCC[C@H](N)C(=O)O. The van der Waals surface area contributed by atoms with Crippen molar-refractivity contribution in [3.8, 4) is 0 Å². The number of aliphatic hydroxyl groups is 1. The zero-order valence-corrected chi connectivity index (χ0v) is 12.1. The molecule has 0 saturated heterocycles. The second-order valence-corrected chi connectivity index (χ2v) is 4.64. The second-order valence-electron chi connectivity index (χ2n) is 4.64. The molecule has 9 nitrogen and oxygen atoms in total. The topological polar surface area (TPSA) is 199 Å². The molecule has 21 heavy (non-hydrogen) atoms. The third-order valence-electron chi connectivity index (χ3n) is 2.69. The van der Waals surface area contributed by atoms with Crippen LogP contribution in [0.3, 0.4) is 0 Å². The van der Waals surface area contributed by atoms with Crippen molar-refractivity contribution in [2.75, 3.05) is 13.1 Å². The Balaban J connectivity index is 0. The van der Waals surface area contributed by atoms with Gasteiger partial charge in [0.05, 0.1) is 6.10 Å². The fourth-order valence-electron chi connectivity index (χ4n) is 1.25. The predicted octanol–water partition coefficient (Wildman–Crippen LogP) is -1.97. The fraction of sp³-hybridized carbons (Fsp3) is 0.833. The van der Waals surface area contributed by atoms with Crippen LogP contribution in [0.25, 0.3) is 0 Å². The van der Waals surface area contributed by atoms with Gasteiger partial charge in [0, 0.05) is 6.54 Å². The van der Waals surface area contributed by atoms with Gasteiger partial charge in [-0.3, -0.25) is 9.59 Å². The molecule has 1 unspecified atom stereocenters. The Kier molecular flexibility index (Phi) is 14.4. The highest BCUT2D eigenvalue weighted by atomic mass is 16.4. The van der Waals surface area contributed by atoms with Crippen molar-refractivity contribution in [2.45, 2.75) is 50.3 Å². The van der Waals surface area contributed by atoms with E-state index in [1.54, 1.807) is 0 Å². The third-order valence-corrected chi connectivity index (χ3v) is 2.69. The second kappa shape index (κ2) is 13.7. The molecule has 0 aromatic heterocycles. The molecule has 0 amide bonds. The molecule has 0 aliphatic rings. The van der Waals surface area contributed by atoms with E-state index in [1.807, 2.05) is 0 Å². The largest absolute Gasteiger partial charge is 0.480 e. The highest BCUT2D eigenvalue weighted by Crippen LogP contribution is 1.98. The Bertz CT molecular complexity index is 291. The summed E-state index contributed by atoms with van der Waals surface area (Å²) in [5, 5.41) is 25.6. The molecule has 0 rings (SSSR count). The summed E-state index contributed by atoms with van der Waals surface area (Å²) in [6.07, 6.45) is 2.12. The summed E-state index contributed by atoms with van der Waals surface area (Å²) in [6, 6.07) is -1.61. The van der Waals surface area contributed by atoms with Crippen molar-refractivity contribution in [1.82, 2.24) is 0 Å². The van der Waals surface area contributed by atoms with E-state index in [9.17, 15) is 9.59 Å². The Morgan fingerprint density at radius 3 is 1.71 bits per heavy atom. The molecule has 0 aromatic rings. The van der Waals surface area contributed by atoms with Crippen LogP contribution in [0.15, 0.2) is 0 Å². The highest BCUT2D eigenvalue weighted by Gasteiger charge is 2.12. The third kappa shape index (κ3) is 15.0. The number of hydrogen-bond donors (Lipinski definition) is 7. The lowest BCUT2D eigenvalue weighted by atomic mass is 10.1. The first-order chi connectivity index (χ1) is 9.76. The van der Waals surface area contributed by atoms with Crippen LogP contribution in [0.4, 0.5) is 0 Å². The van der Waals surface area contributed by atoms with E-state index in [-0.39, 0.29) is 13.0 Å². The minimum Gasteiger partial charge on any atom is -0.480 e. The standard InChI is InChI=1S/C6H14N2O3.C6H14N2O2/c7-3-4(9)1-2-5(8)6(10)11;7-4-2-1-3-5(8)6(9)10/h4-5,9H,1-3,7-8H2,(H,10,11);5H,1-4,7-8H2,(H,9,10)/t4?,5-;5-/m00/s1. The first-order valence-electron chi connectivity index (χ1n) is 6.81. The van der Waals surface area contributed by atoms with E-state index >= 15 is 0 Å². The molecular formula is C12H28N4O5. The van der Waals surface area contributed by atoms with Crippen LogP contribution in [-0.4, -0.2) is 58.5 Å². The molecule has 0 saturated carbocycles. The van der Waals surface area contributed by atoms with Gasteiger partial charge in [-0.25, -0.2) is 0 Å². The van der Waals surface area contributed by atoms with Gasteiger partial charge in [-0.15, -0.1) is 0 Å². The number of rotatable bonds is 10. The molecule has 0 aliphatic heterocycles. The average molecular weight is 308 g/mol. The van der Waals surface area contributed by atoms with E-state index in [1.165, 1.54) is 0 Å². The summed E-state index contributed by atoms with van der Waals surface area (Å²) in [5.41, 5.74) is 20.7. The number of carbonyl (C=O) groups is 2. The Morgan fingerprint density at radius 2 is 1.33 bits per heavy atom. The lowest BCUT2D eigenvalue weighted by Gasteiger charge is -2.09. The van der Waals surface area contributed by atoms with E-state index in [4.69, 9.17) is 38.3 Å². The van der Waals surface area contributed by atoms with Gasteiger partial charge in [0.1, 0.15) is 12.1 Å². The van der Waals surface area contributed by atoms with Crippen molar-refractivity contribution in [3.63, 3.8) is 0 Å². The van der Waals surface area contributed by atoms with Gasteiger partial charge in [0.2, 0.25) is 0 Å². The Hall–Kier alpha value is -1.26. The van der Waals surface area contributed by atoms with Crippen LogP contribution in [-0.2, 0) is 9.59 Å². The molecule has 0 fully saturated rings. The maximum atomic E-state index is 10.2. The van der Waals surface area contributed by atoms with E-state index in [0.717, 1.165) is 12.8 Å². The molecule has 0 aliphatic carbocycles. The van der Waals surface area contributed by atoms with Gasteiger partial charge in [0.15, 0.2) is 0 Å². The van der Waals surface area contributed by atoms with Crippen LogP contribution in [0, 0.1) is 0 Å². The summed E-state index contributed by atoms with van der Waals surface area (Å²) in [5.74, 6) is -1.98. The van der Waals surface area contributed by atoms with E-state index in [2.05, 4.69) is 0 Å². The smallest absolute Gasteiger partial charge is 0.320 e. The summed E-state index contributed by atoms with van der Waals surface area (Å²) in [7, 11) is 0. The van der Waals surface area contributed by atoms with Gasteiger partial charge in [-0.2, -0.15) is 0 Å². The number of aliphatic hydroxyl groups excluding tert-OH is 1. The van der Waals surface area contributed by atoms with Crippen molar-refractivity contribution < 1.29 is 24.9 Å². The van der Waals surface area contributed by atoms with Crippen LogP contribution in [0.2, 0.25) is 0 Å². The molecule has 0 heterocycles. The maximum Gasteiger partial charge on any atom is 0.320 e. The van der Waals surface area contributed by atoms with Crippen molar-refractivity contribution in [3.05, 3.63) is 0 Å². The number of aliphatic carboxylic acids is 2. The van der Waals surface area contributed by atoms with Gasteiger partial charge < -0.3 is 38.3 Å². The molecule has 0 spiro atoms. The lowest BCUT2D eigenvalue weighted by molar-refractivity contribution is -0.139. The Labute approximate surface area is 124 Å². The Morgan fingerprint density at radius 1 is 0.857 bits per heavy atom. The zero-order valence-electron chi connectivity index (χ0n) is 12.1. The number of hydrogen-bond acceptors (Lipinski definition) is 7. The fourth-order valence-corrected chi connectivity index (χ4v) is 1.25. The quantitative estimate of drug-likeness (QED) is 0.223. The van der Waals surface area contributed by atoms with Crippen LogP contribution < -0.4 is 22.9 Å². The molecule has 11 N–H and O–H groups in total. The number of carboxylic acids is 2. The van der Waals surface area contributed by atoms with Crippen molar-refractivity contribution in [1.29, 1.82) is 0 Å². The van der Waals surface area contributed by atoms with Gasteiger partial charge >= 0.3 is 11.9 Å². The minimum absolute atomic E-state index is 0.145. The van der Waals surface area contributed by atoms with Crippen LogP contribution in [0.5, 0.6) is 0 Å². The summed E-state index contributed by atoms with van der Waals surface area (Å²) in [6.45, 7) is 0.749. The molecule has 0 bridgehead atoms. The molecule has 0 radical (unpaired) electrons. The minimum atomic E-state index is -1.05. The first-order valence-corrected chi connectivity index (χ1v) is 6.81. The molecule has 9 heteroatoms. The van der Waals surface area contributed by atoms with Crippen molar-refractivity contribution >= 4 is 11.9 Å². The number of carboxylic acid groups (broad SMARTS) is 2. The zero-order chi connectivity index (χ0) is 16.8. The number of unbranched alkanes of at least 4 members (excludes halogenated alkanes) is 1. The molecule has 3 atom stereocenters. The van der Waals surface area contributed by atoms with E-state index < -0.39 is 30.1 Å². The normalized spacial score (nSPS) is 14.5. The average Bonchev–Trinajstić information content (AvgIpc) is 2.44. The predicted molar refractivity (Wildman–Crippen MR) is 78.4 cm³/mol. The van der Waals surface area contributed by atoms with Crippen molar-refractivity contribution in [2.24, 2.45) is 22.9 Å². The van der Waals surface area contributed by atoms with Gasteiger partial charge in [0.25, 0.3) is 0 Å². The monoisotopic (exact) mass is 308 g/mol.